The third-order valence-electron chi connectivity index (χ3n) is 5.82. The summed E-state index contributed by atoms with van der Waals surface area (Å²) in [6.45, 7) is -0.0336. The van der Waals surface area contributed by atoms with Crippen molar-refractivity contribution < 1.29 is 26.7 Å². The van der Waals surface area contributed by atoms with Crippen LogP contribution in [0.15, 0.2) is 24.4 Å². The first-order valence-corrected chi connectivity index (χ1v) is 11.9. The first-order chi connectivity index (χ1) is 17.0. The molecule has 3 aromatic rings. The van der Waals surface area contributed by atoms with E-state index in [1.165, 1.54) is 12.3 Å². The first kappa shape index (κ1) is 25.8. The summed E-state index contributed by atoms with van der Waals surface area (Å²) in [5, 5.41) is 9.39. The van der Waals surface area contributed by atoms with Gasteiger partial charge in [0.15, 0.2) is 11.5 Å². The van der Waals surface area contributed by atoms with Crippen molar-refractivity contribution in [3.05, 3.63) is 41.7 Å². The number of hydrogen-bond acceptors (Lipinski definition) is 7. The Kier molecular flexibility index (Phi) is 7.45. The minimum atomic E-state index is -4.28. The molecule has 1 aromatic carbocycles. The van der Waals surface area contributed by atoms with E-state index in [0.29, 0.717) is 43.9 Å². The van der Waals surface area contributed by atoms with Gasteiger partial charge in [0.25, 0.3) is 5.91 Å². The molecule has 0 unspecified atom stereocenters. The highest BCUT2D eigenvalue weighted by atomic mass is 32.1. The zero-order valence-electron chi connectivity index (χ0n) is 19.2. The van der Waals surface area contributed by atoms with Crippen molar-refractivity contribution in [2.75, 3.05) is 35.6 Å². The van der Waals surface area contributed by atoms with Gasteiger partial charge in [0.2, 0.25) is 0 Å². The van der Waals surface area contributed by atoms with Crippen LogP contribution in [0.1, 0.15) is 29.8 Å². The molecule has 1 fully saturated rings. The van der Waals surface area contributed by atoms with Crippen LogP contribution in [-0.2, 0) is 7.05 Å². The van der Waals surface area contributed by atoms with Crippen LogP contribution >= 0.6 is 11.3 Å². The maximum atomic E-state index is 14.2. The molecule has 0 aliphatic carbocycles. The molecule has 4 N–H and O–H groups in total. The molecule has 0 saturated carbocycles. The van der Waals surface area contributed by atoms with Crippen LogP contribution in [0, 0.1) is 11.6 Å². The van der Waals surface area contributed by atoms with Crippen molar-refractivity contribution >= 4 is 33.8 Å². The van der Waals surface area contributed by atoms with Gasteiger partial charge in [-0.15, -0.1) is 0 Å². The Labute approximate surface area is 207 Å². The van der Waals surface area contributed by atoms with Crippen molar-refractivity contribution in [3.8, 4) is 10.6 Å². The number of rotatable bonds is 6. The number of nitrogen functional groups attached to an aromatic ring is 1. The Bertz CT molecular complexity index is 1220. The summed E-state index contributed by atoms with van der Waals surface area (Å²) in [7, 11) is 1.69. The average Bonchev–Trinajstić information content (AvgIpc) is 3.25. The van der Waals surface area contributed by atoms with E-state index in [1.807, 2.05) is 4.90 Å². The highest BCUT2D eigenvalue weighted by Crippen LogP contribution is 2.34. The summed E-state index contributed by atoms with van der Waals surface area (Å²) < 4.78 is 67.6. The fraction of sp³-hybridized carbons (Fsp3) is 0.409. The summed E-state index contributed by atoms with van der Waals surface area (Å²) >= 11 is 0.789. The summed E-state index contributed by atoms with van der Waals surface area (Å²) in [4.78, 5) is 19.0. The SMILES string of the molecule is Cn1ncc(NC(=O)c2nc(-c3c(F)cccc3F)sc2N)c1N1CCC[C@H](NCC(F)(F)F)CC1. The van der Waals surface area contributed by atoms with Gasteiger partial charge >= 0.3 is 6.18 Å². The maximum Gasteiger partial charge on any atom is 0.401 e. The lowest BCUT2D eigenvalue weighted by atomic mass is 10.1. The number of carbonyl (C=O) groups excluding carboxylic acids is 1. The first-order valence-electron chi connectivity index (χ1n) is 11.1. The van der Waals surface area contributed by atoms with Crippen LogP contribution < -0.4 is 21.3 Å². The Hall–Kier alpha value is -3.26. The van der Waals surface area contributed by atoms with E-state index in [4.69, 9.17) is 5.73 Å². The molecular formula is C22H24F5N7OS. The number of benzene rings is 1. The second-order valence-electron chi connectivity index (χ2n) is 8.40. The quantitative estimate of drug-likeness (QED) is 0.415. The second kappa shape index (κ2) is 10.4. The number of nitrogens with two attached hydrogens (primary N) is 1. The minimum Gasteiger partial charge on any atom is -0.389 e. The summed E-state index contributed by atoms with van der Waals surface area (Å²) in [5.74, 6) is -1.75. The molecule has 2 aromatic heterocycles. The number of nitrogens with zero attached hydrogens (tertiary/aromatic N) is 4. The molecule has 1 saturated heterocycles. The molecule has 0 bridgehead atoms. The Morgan fingerprint density at radius 3 is 2.64 bits per heavy atom. The van der Waals surface area contributed by atoms with Crippen LogP contribution in [0.5, 0.6) is 0 Å². The Morgan fingerprint density at radius 1 is 1.22 bits per heavy atom. The molecule has 3 heterocycles. The highest BCUT2D eigenvalue weighted by Gasteiger charge is 2.30. The fourth-order valence-electron chi connectivity index (χ4n) is 4.15. The molecule has 36 heavy (non-hydrogen) atoms. The lowest BCUT2D eigenvalue weighted by molar-refractivity contribution is -0.126. The van der Waals surface area contributed by atoms with Gasteiger partial charge in [-0.2, -0.15) is 18.3 Å². The number of aryl methyl sites for hydroxylation is 1. The van der Waals surface area contributed by atoms with E-state index < -0.39 is 30.3 Å². The maximum absolute atomic E-state index is 14.2. The predicted molar refractivity (Wildman–Crippen MR) is 127 cm³/mol. The van der Waals surface area contributed by atoms with Crippen molar-refractivity contribution in [1.82, 2.24) is 20.1 Å². The van der Waals surface area contributed by atoms with Gasteiger partial charge in [0, 0.05) is 26.2 Å². The van der Waals surface area contributed by atoms with Gasteiger partial charge in [-0.1, -0.05) is 17.4 Å². The molecule has 1 amide bonds. The second-order valence-corrected chi connectivity index (χ2v) is 9.43. The van der Waals surface area contributed by atoms with Crippen molar-refractivity contribution in [2.24, 2.45) is 7.05 Å². The normalized spacial score (nSPS) is 16.7. The topological polar surface area (TPSA) is 101 Å². The number of nitrogens with one attached hydrogen (secondary N) is 2. The lowest BCUT2D eigenvalue weighted by Crippen LogP contribution is -2.37. The van der Waals surface area contributed by atoms with E-state index in [-0.39, 0.29) is 27.3 Å². The van der Waals surface area contributed by atoms with Gasteiger partial charge in [-0.25, -0.2) is 13.8 Å². The average molecular weight is 530 g/mol. The third kappa shape index (κ3) is 5.75. The van der Waals surface area contributed by atoms with E-state index in [0.717, 1.165) is 23.5 Å². The molecule has 1 atom stereocenters. The molecular weight excluding hydrogens is 505 g/mol. The van der Waals surface area contributed by atoms with E-state index in [1.54, 1.807) is 11.7 Å². The van der Waals surface area contributed by atoms with Crippen LogP contribution in [0.4, 0.5) is 38.5 Å². The molecule has 1 aliphatic rings. The largest absolute Gasteiger partial charge is 0.401 e. The number of anilines is 3. The Balaban J connectivity index is 1.49. The monoisotopic (exact) mass is 529 g/mol. The number of amides is 1. The van der Waals surface area contributed by atoms with Crippen molar-refractivity contribution in [3.63, 3.8) is 0 Å². The van der Waals surface area contributed by atoms with Gasteiger partial charge in [-0.3, -0.25) is 9.48 Å². The number of thiazole rings is 1. The molecule has 194 valence electrons. The van der Waals surface area contributed by atoms with Gasteiger partial charge in [0.05, 0.1) is 18.3 Å². The molecule has 8 nitrogen and oxygen atoms in total. The highest BCUT2D eigenvalue weighted by molar-refractivity contribution is 7.19. The lowest BCUT2D eigenvalue weighted by Gasteiger charge is -2.24. The molecule has 14 heteroatoms. The summed E-state index contributed by atoms with van der Waals surface area (Å²) in [6, 6.07) is 3.11. The number of carbonyl (C=O) groups is 1. The number of aromatic nitrogens is 3. The number of halogens is 5. The fourth-order valence-corrected chi connectivity index (χ4v) is 5.03. The number of hydrogen-bond donors (Lipinski definition) is 3. The van der Waals surface area contributed by atoms with Gasteiger partial charge < -0.3 is 21.3 Å². The molecule has 0 spiro atoms. The van der Waals surface area contributed by atoms with Crippen LogP contribution in [0.25, 0.3) is 10.6 Å². The smallest absolute Gasteiger partial charge is 0.389 e. The minimum absolute atomic E-state index is 0.0102. The Morgan fingerprint density at radius 2 is 1.94 bits per heavy atom. The van der Waals surface area contributed by atoms with E-state index in [2.05, 4.69) is 20.7 Å². The molecule has 0 radical (unpaired) electrons. The predicted octanol–water partition coefficient (Wildman–Crippen LogP) is 4.17. The zero-order valence-corrected chi connectivity index (χ0v) is 20.0. The molecule has 4 rings (SSSR count). The van der Waals surface area contributed by atoms with Crippen molar-refractivity contribution in [2.45, 2.75) is 31.5 Å². The van der Waals surface area contributed by atoms with Crippen LogP contribution in [-0.4, -0.2) is 52.5 Å². The van der Waals surface area contributed by atoms with Gasteiger partial charge in [0.1, 0.15) is 27.3 Å². The standard InChI is InChI=1S/C22H24F5N7OS/c1-33-21(34-8-3-4-12(7-9-34)29-11-22(25,26)27)15(10-30-33)31-19(35)17-18(28)36-20(32-17)16-13(23)5-2-6-14(16)24/h2,5-6,10,12,29H,3-4,7-9,11,28H2,1H3,(H,31,35)/t12-/m0/s1. The molecule has 1 aliphatic heterocycles. The van der Waals surface area contributed by atoms with Crippen LogP contribution in [0.2, 0.25) is 0 Å². The number of alkyl halides is 3. The summed E-state index contributed by atoms with van der Waals surface area (Å²) in [5.41, 5.74) is 5.76. The zero-order chi connectivity index (χ0) is 26.0. The van der Waals surface area contributed by atoms with Crippen LogP contribution in [0.3, 0.4) is 0 Å². The van der Waals surface area contributed by atoms with E-state index in [9.17, 15) is 26.7 Å². The van der Waals surface area contributed by atoms with E-state index >= 15 is 0 Å². The third-order valence-corrected chi connectivity index (χ3v) is 6.72. The summed E-state index contributed by atoms with van der Waals surface area (Å²) in [6.07, 6.45) is -1.13. The van der Waals surface area contributed by atoms with Gasteiger partial charge in [-0.05, 0) is 31.4 Å². The van der Waals surface area contributed by atoms with Crippen molar-refractivity contribution in [1.29, 1.82) is 0 Å².